The lowest BCUT2D eigenvalue weighted by Crippen LogP contribution is -2.59. The molecule has 1 saturated carbocycles. The fourth-order valence-electron chi connectivity index (χ4n) is 3.14. The molecule has 1 aliphatic heterocycles. The summed E-state index contributed by atoms with van der Waals surface area (Å²) >= 11 is 0. The van der Waals surface area contributed by atoms with Crippen molar-refractivity contribution in [2.75, 3.05) is 6.54 Å². The quantitative estimate of drug-likeness (QED) is 0.793. The highest BCUT2D eigenvalue weighted by molar-refractivity contribution is 5.86. The zero-order chi connectivity index (χ0) is 13.2. The highest BCUT2D eigenvalue weighted by Gasteiger charge is 2.36. The summed E-state index contributed by atoms with van der Waals surface area (Å²) in [4.78, 5) is 12.4. The largest absolute Gasteiger partial charge is 0.352 e. The van der Waals surface area contributed by atoms with Crippen molar-refractivity contribution in [1.82, 2.24) is 10.6 Å². The third-order valence-electron chi connectivity index (χ3n) is 4.79. The third-order valence-corrected chi connectivity index (χ3v) is 4.79. The Morgan fingerprint density at radius 3 is 2.33 bits per heavy atom. The van der Waals surface area contributed by atoms with E-state index in [2.05, 4.69) is 24.5 Å². The van der Waals surface area contributed by atoms with E-state index in [1.54, 1.807) is 0 Å². The number of carbonyl (C=O) groups is 1. The summed E-state index contributed by atoms with van der Waals surface area (Å²) in [6, 6.07) is 0.395. The number of nitrogens with one attached hydrogen (secondary N) is 2. The Hall–Kier alpha value is -0.570. The second-order valence-corrected chi connectivity index (χ2v) is 7.13. The van der Waals surface area contributed by atoms with E-state index < -0.39 is 0 Å². The van der Waals surface area contributed by atoms with Crippen LogP contribution in [0.3, 0.4) is 0 Å². The summed E-state index contributed by atoms with van der Waals surface area (Å²) in [6.45, 7) is 7.68. The minimum atomic E-state index is -0.328. The molecule has 3 nitrogen and oxygen atoms in total. The predicted molar refractivity (Wildman–Crippen MR) is 74.4 cm³/mol. The molecule has 18 heavy (non-hydrogen) atoms. The van der Waals surface area contributed by atoms with Gasteiger partial charge in [0.05, 0.1) is 5.54 Å². The van der Waals surface area contributed by atoms with Crippen LogP contribution in [-0.2, 0) is 4.79 Å². The van der Waals surface area contributed by atoms with Gasteiger partial charge in [-0.1, -0.05) is 13.8 Å². The van der Waals surface area contributed by atoms with Gasteiger partial charge in [-0.25, -0.2) is 0 Å². The van der Waals surface area contributed by atoms with Crippen molar-refractivity contribution in [3.8, 4) is 0 Å². The Kier molecular flexibility index (Phi) is 4.00. The van der Waals surface area contributed by atoms with Crippen LogP contribution in [0.15, 0.2) is 0 Å². The van der Waals surface area contributed by atoms with E-state index in [0.29, 0.717) is 11.5 Å². The van der Waals surface area contributed by atoms with Gasteiger partial charge in [-0.3, -0.25) is 4.79 Å². The van der Waals surface area contributed by atoms with Crippen molar-refractivity contribution in [3.63, 3.8) is 0 Å². The predicted octanol–water partition coefficient (Wildman–Crippen LogP) is 2.60. The van der Waals surface area contributed by atoms with Crippen LogP contribution in [0.1, 0.15) is 65.7 Å². The van der Waals surface area contributed by atoms with Gasteiger partial charge in [0.1, 0.15) is 0 Å². The molecule has 0 aromatic rings. The first-order valence-corrected chi connectivity index (χ1v) is 7.47. The molecule has 0 aromatic carbocycles. The Morgan fingerprint density at radius 2 is 1.78 bits per heavy atom. The second-order valence-electron chi connectivity index (χ2n) is 7.13. The zero-order valence-corrected chi connectivity index (χ0v) is 12.1. The summed E-state index contributed by atoms with van der Waals surface area (Å²) in [6.07, 6.45) is 8.04. The fourth-order valence-corrected chi connectivity index (χ4v) is 3.14. The van der Waals surface area contributed by atoms with Gasteiger partial charge in [0.2, 0.25) is 5.91 Å². The molecular formula is C15H28N2O. The van der Waals surface area contributed by atoms with Crippen molar-refractivity contribution in [1.29, 1.82) is 0 Å². The molecule has 0 bridgehead atoms. The maximum Gasteiger partial charge on any atom is 0.240 e. The number of hydrogen-bond donors (Lipinski definition) is 2. The maximum absolute atomic E-state index is 12.4. The zero-order valence-electron chi connectivity index (χ0n) is 12.1. The van der Waals surface area contributed by atoms with Gasteiger partial charge in [-0.2, -0.15) is 0 Å². The van der Waals surface area contributed by atoms with Crippen LogP contribution in [-0.4, -0.2) is 24.0 Å². The van der Waals surface area contributed by atoms with E-state index in [9.17, 15) is 4.79 Å². The minimum absolute atomic E-state index is 0.215. The van der Waals surface area contributed by atoms with Crippen molar-refractivity contribution in [2.24, 2.45) is 5.41 Å². The van der Waals surface area contributed by atoms with Gasteiger partial charge < -0.3 is 10.6 Å². The van der Waals surface area contributed by atoms with Gasteiger partial charge in [0.15, 0.2) is 0 Å². The molecular weight excluding hydrogens is 224 g/mol. The van der Waals surface area contributed by atoms with Crippen LogP contribution in [0, 0.1) is 5.41 Å². The number of hydrogen-bond acceptors (Lipinski definition) is 2. The lowest BCUT2D eigenvalue weighted by atomic mass is 9.75. The molecule has 2 rings (SSSR count). The van der Waals surface area contributed by atoms with Gasteiger partial charge in [-0.15, -0.1) is 0 Å². The van der Waals surface area contributed by atoms with E-state index in [1.165, 1.54) is 19.3 Å². The molecule has 1 unspecified atom stereocenters. The first-order chi connectivity index (χ1) is 8.41. The summed E-state index contributed by atoms with van der Waals surface area (Å²) < 4.78 is 0. The van der Waals surface area contributed by atoms with Crippen molar-refractivity contribution >= 4 is 5.91 Å². The molecule has 0 radical (unpaired) electrons. The summed E-state index contributed by atoms with van der Waals surface area (Å²) in [5.74, 6) is 0.215. The van der Waals surface area contributed by atoms with Crippen LogP contribution in [0.5, 0.6) is 0 Å². The van der Waals surface area contributed by atoms with Gasteiger partial charge >= 0.3 is 0 Å². The highest BCUT2D eigenvalue weighted by Crippen LogP contribution is 2.35. The van der Waals surface area contributed by atoms with E-state index in [-0.39, 0.29) is 11.4 Å². The Labute approximate surface area is 111 Å². The van der Waals surface area contributed by atoms with Crippen LogP contribution >= 0.6 is 0 Å². The molecule has 1 heterocycles. The molecule has 2 N–H and O–H groups in total. The minimum Gasteiger partial charge on any atom is -0.352 e. The van der Waals surface area contributed by atoms with Gasteiger partial charge in [0.25, 0.3) is 0 Å². The second kappa shape index (κ2) is 5.20. The molecule has 3 heteroatoms. The lowest BCUT2D eigenvalue weighted by molar-refractivity contribution is -0.129. The van der Waals surface area contributed by atoms with Crippen molar-refractivity contribution in [3.05, 3.63) is 0 Å². The number of piperidine rings is 1. The van der Waals surface area contributed by atoms with Crippen LogP contribution in [0.4, 0.5) is 0 Å². The monoisotopic (exact) mass is 252 g/mol. The molecule has 2 fully saturated rings. The fraction of sp³-hybridized carbons (Fsp3) is 0.933. The van der Waals surface area contributed by atoms with Crippen LogP contribution in [0.2, 0.25) is 0 Å². The number of rotatable bonds is 2. The van der Waals surface area contributed by atoms with Gasteiger partial charge in [-0.05, 0) is 63.8 Å². The average Bonchev–Trinajstić information content (AvgIpc) is 2.33. The molecule has 0 aromatic heterocycles. The lowest BCUT2D eigenvalue weighted by Gasteiger charge is -2.38. The Balaban J connectivity index is 1.84. The Bertz CT molecular complexity index is 296. The van der Waals surface area contributed by atoms with Crippen LogP contribution < -0.4 is 10.6 Å². The summed E-state index contributed by atoms with van der Waals surface area (Å²) in [7, 11) is 0. The van der Waals surface area contributed by atoms with E-state index in [0.717, 1.165) is 32.2 Å². The standard InChI is InChI=1S/C15H28N2O/c1-14(2)9-6-12(7-10-14)17-13(18)15(3)8-4-5-11-16-15/h12,16H,4-11H2,1-3H3,(H,17,18). The van der Waals surface area contributed by atoms with E-state index >= 15 is 0 Å². The van der Waals surface area contributed by atoms with Crippen LogP contribution in [0.25, 0.3) is 0 Å². The average molecular weight is 252 g/mol. The van der Waals surface area contributed by atoms with E-state index in [1.807, 2.05) is 6.92 Å². The molecule has 2 aliphatic rings. The molecule has 1 atom stereocenters. The molecule has 1 saturated heterocycles. The first kappa shape index (κ1) is 13.9. The first-order valence-electron chi connectivity index (χ1n) is 7.47. The van der Waals surface area contributed by atoms with Crippen molar-refractivity contribution in [2.45, 2.75) is 77.3 Å². The summed E-state index contributed by atoms with van der Waals surface area (Å²) in [5.41, 5.74) is 0.138. The number of amides is 1. The molecule has 1 amide bonds. The highest BCUT2D eigenvalue weighted by atomic mass is 16.2. The maximum atomic E-state index is 12.4. The molecule has 104 valence electrons. The van der Waals surface area contributed by atoms with E-state index in [4.69, 9.17) is 0 Å². The SMILES string of the molecule is CC1(C)CCC(NC(=O)C2(C)CCCCN2)CC1. The molecule has 1 aliphatic carbocycles. The van der Waals surface area contributed by atoms with Gasteiger partial charge in [0, 0.05) is 6.04 Å². The Morgan fingerprint density at radius 1 is 1.11 bits per heavy atom. The molecule has 0 spiro atoms. The van der Waals surface area contributed by atoms with Crippen molar-refractivity contribution < 1.29 is 4.79 Å². The normalized spacial score (nSPS) is 33.1. The topological polar surface area (TPSA) is 41.1 Å². The number of carbonyl (C=O) groups excluding carboxylic acids is 1. The smallest absolute Gasteiger partial charge is 0.240 e. The summed E-state index contributed by atoms with van der Waals surface area (Å²) in [5, 5.41) is 6.65. The third kappa shape index (κ3) is 3.25.